The highest BCUT2D eigenvalue weighted by molar-refractivity contribution is 6.04. The number of nitrogens with one attached hydrogen (secondary N) is 2. The molecule has 0 unspecified atom stereocenters. The summed E-state index contributed by atoms with van der Waals surface area (Å²) in [7, 11) is 2.77. The molecule has 0 radical (unpaired) electrons. The zero-order chi connectivity index (χ0) is 21.0. The lowest BCUT2D eigenvalue weighted by Gasteiger charge is -2.18. The van der Waals surface area contributed by atoms with Crippen molar-refractivity contribution in [3.63, 3.8) is 0 Å². The molecule has 148 valence electrons. The van der Waals surface area contributed by atoms with Crippen molar-refractivity contribution < 1.29 is 19.1 Å². The van der Waals surface area contributed by atoms with Crippen LogP contribution in [-0.4, -0.2) is 34.7 Å². The summed E-state index contributed by atoms with van der Waals surface area (Å²) >= 11 is 0. The molecule has 2 N–H and O–H groups in total. The van der Waals surface area contributed by atoms with Gasteiger partial charge in [0.05, 0.1) is 5.39 Å². The van der Waals surface area contributed by atoms with Crippen LogP contribution in [0.25, 0.3) is 10.8 Å². The van der Waals surface area contributed by atoms with Crippen molar-refractivity contribution in [2.24, 2.45) is 7.05 Å². The Kier molecular flexibility index (Phi) is 5.68. The third-order valence-electron chi connectivity index (χ3n) is 4.18. The number of nitrogens with zero attached hydrogens (tertiary/aromatic N) is 2. The van der Waals surface area contributed by atoms with Crippen molar-refractivity contribution in [1.82, 2.24) is 20.4 Å². The zero-order valence-electron chi connectivity index (χ0n) is 15.7. The highest BCUT2D eigenvalue weighted by atomic mass is 16.5. The van der Waals surface area contributed by atoms with Crippen LogP contribution in [0.2, 0.25) is 0 Å². The number of aromatic nitrogens is 2. The van der Waals surface area contributed by atoms with E-state index in [0.717, 1.165) is 4.68 Å². The molecule has 9 nitrogen and oxygen atoms in total. The van der Waals surface area contributed by atoms with E-state index in [1.165, 1.54) is 14.1 Å². The SMILES string of the molecule is CNC(=O)NC(=O)[C@@H](OC(=O)c1nn(C)c(=O)c2ccccc12)c1ccccc1. The van der Waals surface area contributed by atoms with Gasteiger partial charge >= 0.3 is 12.0 Å². The van der Waals surface area contributed by atoms with Crippen LogP contribution >= 0.6 is 0 Å². The Morgan fingerprint density at radius 3 is 2.28 bits per heavy atom. The first-order valence-corrected chi connectivity index (χ1v) is 8.67. The van der Waals surface area contributed by atoms with Gasteiger partial charge in [0.1, 0.15) is 0 Å². The van der Waals surface area contributed by atoms with Gasteiger partial charge in [0.25, 0.3) is 11.5 Å². The molecule has 0 bridgehead atoms. The molecule has 9 heteroatoms. The molecule has 3 amide bonds. The molecule has 0 saturated heterocycles. The number of urea groups is 1. The average molecular weight is 394 g/mol. The molecule has 0 saturated carbocycles. The third kappa shape index (κ3) is 4.13. The maximum atomic E-state index is 12.9. The molecule has 0 aliphatic rings. The van der Waals surface area contributed by atoms with Crippen LogP contribution in [0.1, 0.15) is 22.2 Å². The molecular weight excluding hydrogens is 376 g/mol. The van der Waals surface area contributed by atoms with E-state index in [0.29, 0.717) is 16.3 Å². The van der Waals surface area contributed by atoms with E-state index in [4.69, 9.17) is 4.74 Å². The normalized spacial score (nSPS) is 11.5. The molecule has 1 atom stereocenters. The highest BCUT2D eigenvalue weighted by Crippen LogP contribution is 2.21. The van der Waals surface area contributed by atoms with Crippen LogP contribution in [0.15, 0.2) is 59.4 Å². The minimum atomic E-state index is -1.39. The number of esters is 1. The Labute approximate surface area is 165 Å². The van der Waals surface area contributed by atoms with Gasteiger partial charge in [-0.3, -0.25) is 14.9 Å². The molecule has 0 aliphatic heterocycles. The van der Waals surface area contributed by atoms with Crippen LogP contribution in [0.3, 0.4) is 0 Å². The van der Waals surface area contributed by atoms with E-state index in [1.807, 2.05) is 0 Å². The number of hydrogen-bond donors (Lipinski definition) is 2. The van der Waals surface area contributed by atoms with Gasteiger partial charge in [0.15, 0.2) is 5.69 Å². The Morgan fingerprint density at radius 1 is 1.00 bits per heavy atom. The fourth-order valence-electron chi connectivity index (χ4n) is 2.75. The van der Waals surface area contributed by atoms with Gasteiger partial charge < -0.3 is 10.1 Å². The quantitative estimate of drug-likeness (QED) is 0.644. The first-order chi connectivity index (χ1) is 13.9. The minimum Gasteiger partial charge on any atom is -0.442 e. The number of ether oxygens (including phenoxy) is 1. The molecule has 1 heterocycles. The standard InChI is InChI=1S/C20H18N4O5/c1-21-20(28)22-17(25)16(12-8-4-3-5-9-12)29-19(27)15-13-10-6-7-11-14(13)18(26)24(2)23-15/h3-11,16H,1-2H3,(H2,21,22,25,28)/t16-/m0/s1. The fraction of sp³-hybridized carbons (Fsp3) is 0.150. The van der Waals surface area contributed by atoms with Gasteiger partial charge in [0, 0.05) is 25.0 Å². The Balaban J connectivity index is 2.00. The molecule has 0 spiro atoms. The number of carbonyl (C=O) groups is 3. The third-order valence-corrected chi connectivity index (χ3v) is 4.18. The van der Waals surface area contributed by atoms with Crippen LogP contribution in [0.5, 0.6) is 0 Å². The molecule has 0 aliphatic carbocycles. The molecule has 3 aromatic rings. The summed E-state index contributed by atoms with van der Waals surface area (Å²) in [5, 5.41) is 8.97. The zero-order valence-corrected chi connectivity index (χ0v) is 15.7. The second-order valence-electron chi connectivity index (χ2n) is 6.09. The number of imide groups is 1. The summed E-state index contributed by atoms with van der Waals surface area (Å²) in [4.78, 5) is 49.2. The van der Waals surface area contributed by atoms with Crippen LogP contribution in [-0.2, 0) is 16.6 Å². The second-order valence-corrected chi connectivity index (χ2v) is 6.09. The van der Waals surface area contributed by atoms with E-state index < -0.39 is 24.0 Å². The van der Waals surface area contributed by atoms with Crippen molar-refractivity contribution in [1.29, 1.82) is 0 Å². The summed E-state index contributed by atoms with van der Waals surface area (Å²) in [6.45, 7) is 0. The Bertz CT molecular complexity index is 1140. The first kappa shape index (κ1) is 19.7. The van der Waals surface area contributed by atoms with Gasteiger partial charge in [-0.15, -0.1) is 0 Å². The summed E-state index contributed by atoms with van der Waals surface area (Å²) < 4.78 is 6.45. The minimum absolute atomic E-state index is 0.114. The van der Waals surface area contributed by atoms with Crippen LogP contribution < -0.4 is 16.2 Å². The molecule has 3 rings (SSSR count). The number of amides is 3. The van der Waals surface area contributed by atoms with Gasteiger partial charge in [-0.05, 0) is 6.07 Å². The maximum absolute atomic E-state index is 12.9. The van der Waals surface area contributed by atoms with Gasteiger partial charge in [-0.2, -0.15) is 5.10 Å². The monoisotopic (exact) mass is 394 g/mol. The van der Waals surface area contributed by atoms with Crippen LogP contribution in [0.4, 0.5) is 4.79 Å². The van der Waals surface area contributed by atoms with Gasteiger partial charge in [0.2, 0.25) is 6.10 Å². The van der Waals surface area contributed by atoms with Crippen molar-refractivity contribution in [2.75, 3.05) is 7.05 Å². The number of carbonyl (C=O) groups excluding carboxylic acids is 3. The van der Waals surface area contributed by atoms with Crippen molar-refractivity contribution >= 4 is 28.7 Å². The molecule has 2 aromatic carbocycles. The van der Waals surface area contributed by atoms with Gasteiger partial charge in [-0.1, -0.05) is 48.5 Å². The van der Waals surface area contributed by atoms with E-state index in [1.54, 1.807) is 54.6 Å². The number of fused-ring (bicyclic) bond motifs is 1. The second kappa shape index (κ2) is 8.34. The smallest absolute Gasteiger partial charge is 0.360 e. The Hall–Kier alpha value is -4.01. The topological polar surface area (TPSA) is 119 Å². The van der Waals surface area contributed by atoms with Crippen molar-refractivity contribution in [2.45, 2.75) is 6.10 Å². The Morgan fingerprint density at radius 2 is 1.62 bits per heavy atom. The van der Waals surface area contributed by atoms with Crippen molar-refractivity contribution in [3.8, 4) is 0 Å². The van der Waals surface area contributed by atoms with Crippen molar-refractivity contribution in [3.05, 3.63) is 76.2 Å². The maximum Gasteiger partial charge on any atom is 0.360 e. The van der Waals surface area contributed by atoms with E-state index in [9.17, 15) is 19.2 Å². The molecule has 29 heavy (non-hydrogen) atoms. The summed E-state index contributed by atoms with van der Waals surface area (Å²) in [5.74, 6) is -1.73. The lowest BCUT2D eigenvalue weighted by Crippen LogP contribution is -2.41. The average Bonchev–Trinajstić information content (AvgIpc) is 2.74. The number of benzene rings is 2. The van der Waals surface area contributed by atoms with E-state index in [2.05, 4.69) is 15.7 Å². The summed E-state index contributed by atoms with van der Waals surface area (Å²) in [6, 6.07) is 14.0. The summed E-state index contributed by atoms with van der Waals surface area (Å²) in [6.07, 6.45) is -1.39. The largest absolute Gasteiger partial charge is 0.442 e. The fourth-order valence-corrected chi connectivity index (χ4v) is 2.75. The number of hydrogen-bond acceptors (Lipinski definition) is 6. The van der Waals surface area contributed by atoms with Gasteiger partial charge in [-0.25, -0.2) is 14.3 Å². The first-order valence-electron chi connectivity index (χ1n) is 8.67. The molecule has 1 aromatic heterocycles. The molecular formula is C20H18N4O5. The van der Waals surface area contributed by atoms with Crippen LogP contribution in [0, 0.1) is 0 Å². The summed E-state index contributed by atoms with van der Waals surface area (Å²) in [5.41, 5.74) is -0.109. The lowest BCUT2D eigenvalue weighted by molar-refractivity contribution is -0.129. The van der Waals surface area contributed by atoms with E-state index >= 15 is 0 Å². The number of rotatable bonds is 4. The predicted molar refractivity (Wildman–Crippen MR) is 104 cm³/mol. The molecule has 0 fully saturated rings. The lowest BCUT2D eigenvalue weighted by atomic mass is 10.1. The number of aryl methyl sites for hydroxylation is 1. The van der Waals surface area contributed by atoms with E-state index in [-0.39, 0.29) is 11.3 Å². The predicted octanol–water partition coefficient (Wildman–Crippen LogP) is 1.29. The highest BCUT2D eigenvalue weighted by Gasteiger charge is 2.28.